The van der Waals surface area contributed by atoms with Gasteiger partial charge in [-0.1, -0.05) is 13.8 Å². The van der Waals surface area contributed by atoms with Gasteiger partial charge in [0.05, 0.1) is 6.54 Å². The third-order valence-electron chi connectivity index (χ3n) is 2.53. The molecule has 2 N–H and O–H groups in total. The molecule has 2 amide bonds. The van der Waals surface area contributed by atoms with Gasteiger partial charge in [0.25, 0.3) is 0 Å². The van der Waals surface area contributed by atoms with E-state index in [0.717, 1.165) is 13.1 Å². The first-order valence-corrected chi connectivity index (χ1v) is 6.53. The Kier molecular flexibility index (Phi) is 6.91. The summed E-state index contributed by atoms with van der Waals surface area (Å²) >= 11 is 0. The largest absolute Gasteiger partial charge is 0.350 e. The minimum Gasteiger partial charge on any atom is -0.350 e. The van der Waals surface area contributed by atoms with Gasteiger partial charge < -0.3 is 10.6 Å². The molecule has 0 aromatic rings. The fourth-order valence-corrected chi connectivity index (χ4v) is 1.48. The van der Waals surface area contributed by atoms with E-state index in [2.05, 4.69) is 10.6 Å². The molecule has 1 atom stereocenters. The summed E-state index contributed by atoms with van der Waals surface area (Å²) in [5.41, 5.74) is -0.283. The molecule has 0 fully saturated rings. The highest BCUT2D eigenvalue weighted by Crippen LogP contribution is 1.99. The number of hydrogen-bond donors (Lipinski definition) is 2. The van der Waals surface area contributed by atoms with Gasteiger partial charge >= 0.3 is 0 Å². The van der Waals surface area contributed by atoms with Gasteiger partial charge in [0.15, 0.2) is 0 Å². The van der Waals surface area contributed by atoms with E-state index < -0.39 is 6.04 Å². The van der Waals surface area contributed by atoms with Gasteiger partial charge in [-0.25, -0.2) is 0 Å². The van der Waals surface area contributed by atoms with E-state index >= 15 is 0 Å². The van der Waals surface area contributed by atoms with Crippen LogP contribution in [0.1, 0.15) is 41.5 Å². The molecule has 0 aliphatic heterocycles. The van der Waals surface area contributed by atoms with Crippen molar-refractivity contribution >= 4 is 11.8 Å². The summed E-state index contributed by atoms with van der Waals surface area (Å²) in [7, 11) is 0. The summed E-state index contributed by atoms with van der Waals surface area (Å²) in [6, 6.07) is -0.507. The first-order valence-electron chi connectivity index (χ1n) is 6.53. The van der Waals surface area contributed by atoms with Crippen molar-refractivity contribution in [2.45, 2.75) is 53.1 Å². The van der Waals surface area contributed by atoms with Crippen LogP contribution in [-0.4, -0.2) is 47.9 Å². The molecule has 0 saturated heterocycles. The number of amides is 2. The second kappa shape index (κ2) is 7.36. The van der Waals surface area contributed by atoms with Crippen molar-refractivity contribution in [1.82, 2.24) is 15.5 Å². The van der Waals surface area contributed by atoms with E-state index in [4.69, 9.17) is 0 Å². The zero-order valence-corrected chi connectivity index (χ0v) is 12.5. The Morgan fingerprint density at radius 1 is 1.17 bits per heavy atom. The maximum absolute atomic E-state index is 11.8. The Labute approximate surface area is 110 Å². The molecule has 0 aromatic carbocycles. The predicted molar refractivity (Wildman–Crippen MR) is 73.3 cm³/mol. The average molecular weight is 257 g/mol. The van der Waals surface area contributed by atoms with Crippen LogP contribution in [0.15, 0.2) is 0 Å². The van der Waals surface area contributed by atoms with Crippen LogP contribution in [-0.2, 0) is 9.59 Å². The van der Waals surface area contributed by atoms with Gasteiger partial charge in [0.2, 0.25) is 11.8 Å². The van der Waals surface area contributed by atoms with Crippen LogP contribution in [0.25, 0.3) is 0 Å². The fourth-order valence-electron chi connectivity index (χ4n) is 1.48. The lowest BCUT2D eigenvalue weighted by atomic mass is 10.1. The standard InChI is InChI=1S/C13H27N3O2/c1-7-16(8-2)9-11(17)14-10(3)12(18)15-13(4,5)6/h10H,7-9H2,1-6H3,(H,14,17)(H,15,18). The molecule has 0 saturated carbocycles. The third kappa shape index (κ3) is 7.27. The molecule has 0 rings (SSSR count). The van der Waals surface area contributed by atoms with Gasteiger partial charge in [-0.15, -0.1) is 0 Å². The van der Waals surface area contributed by atoms with Gasteiger partial charge in [0.1, 0.15) is 6.04 Å². The Morgan fingerprint density at radius 2 is 1.67 bits per heavy atom. The number of nitrogens with one attached hydrogen (secondary N) is 2. The molecular formula is C13H27N3O2. The molecule has 0 bridgehead atoms. The molecule has 0 aromatic heterocycles. The SMILES string of the molecule is CCN(CC)CC(=O)NC(C)C(=O)NC(C)(C)C. The molecule has 0 aliphatic rings. The van der Waals surface area contributed by atoms with Crippen molar-refractivity contribution in [3.8, 4) is 0 Å². The highest BCUT2D eigenvalue weighted by Gasteiger charge is 2.20. The highest BCUT2D eigenvalue weighted by atomic mass is 16.2. The predicted octanol–water partition coefficient (Wildman–Crippen LogP) is 0.748. The summed E-state index contributed by atoms with van der Waals surface area (Å²) in [6.45, 7) is 13.4. The van der Waals surface area contributed by atoms with Crippen molar-refractivity contribution in [2.24, 2.45) is 0 Å². The van der Waals surface area contributed by atoms with Crippen LogP contribution < -0.4 is 10.6 Å². The van der Waals surface area contributed by atoms with Crippen molar-refractivity contribution in [1.29, 1.82) is 0 Å². The Morgan fingerprint density at radius 3 is 2.06 bits per heavy atom. The zero-order valence-electron chi connectivity index (χ0n) is 12.5. The molecule has 106 valence electrons. The Bertz CT molecular complexity index is 280. The lowest BCUT2D eigenvalue weighted by molar-refractivity contribution is -0.129. The minimum atomic E-state index is -0.507. The average Bonchev–Trinajstić information content (AvgIpc) is 2.23. The smallest absolute Gasteiger partial charge is 0.242 e. The first kappa shape index (κ1) is 16.9. The Hall–Kier alpha value is -1.10. The summed E-state index contributed by atoms with van der Waals surface area (Å²) in [6.07, 6.45) is 0. The normalized spacial score (nSPS) is 13.3. The van der Waals surface area contributed by atoms with Crippen molar-refractivity contribution in [3.63, 3.8) is 0 Å². The number of carbonyl (C=O) groups is 2. The van der Waals surface area contributed by atoms with Crippen LogP contribution >= 0.6 is 0 Å². The van der Waals surface area contributed by atoms with Gasteiger partial charge in [-0.2, -0.15) is 0 Å². The van der Waals surface area contributed by atoms with Crippen LogP contribution in [0.2, 0.25) is 0 Å². The monoisotopic (exact) mass is 257 g/mol. The van der Waals surface area contributed by atoms with Gasteiger partial charge in [-0.3, -0.25) is 14.5 Å². The molecule has 0 radical (unpaired) electrons. The second-order valence-electron chi connectivity index (χ2n) is 5.49. The molecule has 1 unspecified atom stereocenters. The van der Waals surface area contributed by atoms with E-state index in [1.807, 2.05) is 39.5 Å². The minimum absolute atomic E-state index is 0.116. The molecule has 0 spiro atoms. The maximum atomic E-state index is 11.8. The van der Waals surface area contributed by atoms with Crippen LogP contribution in [0.5, 0.6) is 0 Å². The van der Waals surface area contributed by atoms with Gasteiger partial charge in [-0.05, 0) is 40.8 Å². The summed E-state index contributed by atoms with van der Waals surface area (Å²) in [5, 5.41) is 5.55. The highest BCUT2D eigenvalue weighted by molar-refractivity contribution is 5.88. The van der Waals surface area contributed by atoms with E-state index in [-0.39, 0.29) is 17.4 Å². The van der Waals surface area contributed by atoms with Gasteiger partial charge in [0, 0.05) is 5.54 Å². The zero-order chi connectivity index (χ0) is 14.3. The molecule has 0 heterocycles. The second-order valence-corrected chi connectivity index (χ2v) is 5.49. The lowest BCUT2D eigenvalue weighted by Crippen LogP contribution is -2.52. The molecule has 5 nitrogen and oxygen atoms in total. The van der Waals surface area contributed by atoms with E-state index in [1.54, 1.807) is 6.92 Å². The molecule has 18 heavy (non-hydrogen) atoms. The summed E-state index contributed by atoms with van der Waals surface area (Å²) in [5.74, 6) is -0.273. The van der Waals surface area contributed by atoms with Crippen LogP contribution in [0, 0.1) is 0 Å². The number of hydrogen-bond acceptors (Lipinski definition) is 3. The quantitative estimate of drug-likeness (QED) is 0.738. The number of nitrogens with zero attached hydrogens (tertiary/aromatic N) is 1. The summed E-state index contributed by atoms with van der Waals surface area (Å²) < 4.78 is 0. The molecule has 5 heteroatoms. The molecular weight excluding hydrogens is 230 g/mol. The lowest BCUT2D eigenvalue weighted by Gasteiger charge is -2.24. The Balaban J connectivity index is 4.19. The number of rotatable bonds is 6. The fraction of sp³-hybridized carbons (Fsp3) is 0.846. The first-order chi connectivity index (χ1) is 8.19. The van der Waals surface area contributed by atoms with Crippen LogP contribution in [0.4, 0.5) is 0 Å². The van der Waals surface area contributed by atoms with E-state index in [1.165, 1.54) is 0 Å². The number of carbonyl (C=O) groups excluding carboxylic acids is 2. The van der Waals surface area contributed by atoms with Crippen molar-refractivity contribution < 1.29 is 9.59 Å². The summed E-state index contributed by atoms with van der Waals surface area (Å²) in [4.78, 5) is 25.5. The number of likely N-dealkylation sites (N-methyl/N-ethyl adjacent to an activating group) is 1. The maximum Gasteiger partial charge on any atom is 0.242 e. The van der Waals surface area contributed by atoms with Crippen molar-refractivity contribution in [3.05, 3.63) is 0 Å². The van der Waals surface area contributed by atoms with Crippen LogP contribution in [0.3, 0.4) is 0 Å². The molecule has 0 aliphatic carbocycles. The topological polar surface area (TPSA) is 61.4 Å². The van der Waals surface area contributed by atoms with E-state index in [9.17, 15) is 9.59 Å². The third-order valence-corrected chi connectivity index (χ3v) is 2.53. The van der Waals surface area contributed by atoms with E-state index in [0.29, 0.717) is 6.54 Å². The van der Waals surface area contributed by atoms with Crippen molar-refractivity contribution in [2.75, 3.05) is 19.6 Å².